The van der Waals surface area contributed by atoms with E-state index in [1.807, 2.05) is 13.0 Å². The average Bonchev–Trinajstić information content (AvgIpc) is 2.43. The second-order valence-corrected chi connectivity index (χ2v) is 5.35. The van der Waals surface area contributed by atoms with E-state index < -0.39 is 12.1 Å². The fourth-order valence-corrected chi connectivity index (χ4v) is 2.52. The van der Waals surface area contributed by atoms with Crippen molar-refractivity contribution in [3.8, 4) is 0 Å². The lowest BCUT2D eigenvalue weighted by molar-refractivity contribution is -0.131. The van der Waals surface area contributed by atoms with E-state index in [9.17, 15) is 14.7 Å². The zero-order valence-corrected chi connectivity index (χ0v) is 12.0. The molecule has 0 saturated carbocycles. The minimum absolute atomic E-state index is 0.123. The zero-order valence-electron chi connectivity index (χ0n) is 12.0. The topological polar surface area (TPSA) is 77.8 Å². The van der Waals surface area contributed by atoms with Crippen LogP contribution in [0.3, 0.4) is 0 Å². The molecule has 0 aromatic heterocycles. The van der Waals surface area contributed by atoms with E-state index in [4.69, 9.17) is 5.11 Å². The Balaban J connectivity index is 2.22. The lowest BCUT2D eigenvalue weighted by Crippen LogP contribution is -2.42. The predicted molar refractivity (Wildman–Crippen MR) is 79.0 cm³/mol. The quantitative estimate of drug-likeness (QED) is 0.830. The van der Waals surface area contributed by atoms with Gasteiger partial charge in [0.1, 0.15) is 0 Å². The maximum atomic E-state index is 12.5. The van der Waals surface area contributed by atoms with Gasteiger partial charge in [-0.05, 0) is 49.1 Å². The van der Waals surface area contributed by atoms with E-state index in [1.165, 1.54) is 6.08 Å². The Kier molecular flexibility index (Phi) is 4.75. The van der Waals surface area contributed by atoms with Crippen molar-refractivity contribution in [2.24, 2.45) is 0 Å². The smallest absolute Gasteiger partial charge is 0.328 e. The fraction of sp³-hybridized carbons (Fsp3) is 0.375. The Morgan fingerprint density at radius 1 is 1.33 bits per heavy atom. The van der Waals surface area contributed by atoms with Gasteiger partial charge in [0, 0.05) is 24.7 Å². The first-order valence-corrected chi connectivity index (χ1v) is 6.96. The molecule has 5 heteroatoms. The van der Waals surface area contributed by atoms with Crippen LogP contribution in [0.5, 0.6) is 0 Å². The van der Waals surface area contributed by atoms with Gasteiger partial charge >= 0.3 is 5.97 Å². The second kappa shape index (κ2) is 6.54. The second-order valence-electron chi connectivity index (χ2n) is 5.35. The molecular formula is C16H19NO4. The Hall–Kier alpha value is -2.14. The molecule has 1 aliphatic heterocycles. The van der Waals surface area contributed by atoms with Gasteiger partial charge < -0.3 is 15.1 Å². The van der Waals surface area contributed by atoms with Crippen molar-refractivity contribution >= 4 is 18.0 Å². The van der Waals surface area contributed by atoms with Crippen LogP contribution in [0, 0.1) is 6.92 Å². The number of piperidine rings is 1. The SMILES string of the molecule is Cc1cc(/C=C/C(=O)O)cc(C(=O)N2CCCC(O)C2)c1. The predicted octanol–water partition coefficient (Wildman–Crippen LogP) is 1.69. The van der Waals surface area contributed by atoms with Crippen molar-refractivity contribution in [3.63, 3.8) is 0 Å². The summed E-state index contributed by atoms with van der Waals surface area (Å²) in [7, 11) is 0. The largest absolute Gasteiger partial charge is 0.478 e. The number of aryl methyl sites for hydroxylation is 1. The first-order chi connectivity index (χ1) is 9.95. The number of amides is 1. The van der Waals surface area contributed by atoms with Gasteiger partial charge in [-0.25, -0.2) is 4.79 Å². The van der Waals surface area contributed by atoms with Crippen molar-refractivity contribution in [1.82, 2.24) is 4.90 Å². The Bertz CT molecular complexity index is 580. The number of hydrogen-bond donors (Lipinski definition) is 2. The molecule has 21 heavy (non-hydrogen) atoms. The minimum atomic E-state index is -1.02. The summed E-state index contributed by atoms with van der Waals surface area (Å²) in [6.07, 6.45) is 3.58. The minimum Gasteiger partial charge on any atom is -0.478 e. The van der Waals surface area contributed by atoms with Gasteiger partial charge in [0.15, 0.2) is 0 Å². The number of carboxylic acid groups (broad SMARTS) is 1. The third kappa shape index (κ3) is 4.16. The number of benzene rings is 1. The van der Waals surface area contributed by atoms with Gasteiger partial charge in [-0.15, -0.1) is 0 Å². The van der Waals surface area contributed by atoms with Crippen LogP contribution in [0.4, 0.5) is 0 Å². The Labute approximate surface area is 123 Å². The van der Waals surface area contributed by atoms with Crippen molar-refractivity contribution in [2.75, 3.05) is 13.1 Å². The van der Waals surface area contributed by atoms with Crippen molar-refractivity contribution in [3.05, 3.63) is 41.0 Å². The summed E-state index contributed by atoms with van der Waals surface area (Å²) in [6, 6.07) is 5.28. The van der Waals surface area contributed by atoms with E-state index in [0.717, 1.165) is 24.5 Å². The molecule has 1 saturated heterocycles. The van der Waals surface area contributed by atoms with E-state index in [0.29, 0.717) is 24.2 Å². The van der Waals surface area contributed by atoms with Gasteiger partial charge in [0.25, 0.3) is 5.91 Å². The van der Waals surface area contributed by atoms with Gasteiger partial charge in [0.2, 0.25) is 0 Å². The molecule has 0 aliphatic carbocycles. The molecule has 1 aromatic rings. The number of carboxylic acids is 1. The summed E-state index contributed by atoms with van der Waals surface area (Å²) in [5, 5.41) is 18.3. The van der Waals surface area contributed by atoms with Gasteiger partial charge in [-0.3, -0.25) is 4.79 Å². The molecule has 0 bridgehead atoms. The number of nitrogens with zero attached hydrogens (tertiary/aromatic N) is 1. The normalized spacial score (nSPS) is 19.0. The number of likely N-dealkylation sites (tertiary alicyclic amines) is 1. The third-order valence-corrected chi connectivity index (χ3v) is 3.45. The lowest BCUT2D eigenvalue weighted by Gasteiger charge is -2.30. The Morgan fingerprint density at radius 2 is 2.10 bits per heavy atom. The summed E-state index contributed by atoms with van der Waals surface area (Å²) in [4.78, 5) is 24.7. The van der Waals surface area contributed by atoms with Crippen LogP contribution in [-0.2, 0) is 4.79 Å². The average molecular weight is 289 g/mol. The number of aliphatic hydroxyl groups excluding tert-OH is 1. The maximum Gasteiger partial charge on any atom is 0.328 e. The summed E-state index contributed by atoms with van der Waals surface area (Å²) in [5.74, 6) is -1.15. The number of aliphatic hydroxyl groups is 1. The molecule has 5 nitrogen and oxygen atoms in total. The number of rotatable bonds is 3. The van der Waals surface area contributed by atoms with E-state index in [2.05, 4.69) is 0 Å². The molecule has 1 atom stereocenters. The molecule has 0 radical (unpaired) electrons. The molecule has 112 valence electrons. The van der Waals surface area contributed by atoms with E-state index in [-0.39, 0.29) is 5.91 Å². The molecule has 1 aromatic carbocycles. The summed E-state index contributed by atoms with van der Waals surface area (Å²) >= 11 is 0. The molecule has 2 rings (SSSR count). The standard InChI is InChI=1S/C16H19NO4/c1-11-7-12(4-5-15(19)20)9-13(8-11)16(21)17-6-2-3-14(18)10-17/h4-5,7-9,14,18H,2-3,6,10H2,1H3,(H,19,20)/b5-4+. The summed E-state index contributed by atoms with van der Waals surface area (Å²) in [6.45, 7) is 2.86. The molecule has 1 amide bonds. The van der Waals surface area contributed by atoms with Crippen molar-refractivity contribution < 1.29 is 19.8 Å². The molecular weight excluding hydrogens is 270 g/mol. The van der Waals surface area contributed by atoms with Gasteiger partial charge in [-0.1, -0.05) is 6.07 Å². The third-order valence-electron chi connectivity index (χ3n) is 3.45. The summed E-state index contributed by atoms with van der Waals surface area (Å²) in [5.41, 5.74) is 2.09. The van der Waals surface area contributed by atoms with Crippen LogP contribution >= 0.6 is 0 Å². The van der Waals surface area contributed by atoms with E-state index in [1.54, 1.807) is 17.0 Å². The molecule has 1 unspecified atom stereocenters. The number of carbonyl (C=O) groups excluding carboxylic acids is 1. The van der Waals surface area contributed by atoms with Gasteiger partial charge in [-0.2, -0.15) is 0 Å². The highest BCUT2D eigenvalue weighted by Gasteiger charge is 2.23. The molecule has 1 fully saturated rings. The first kappa shape index (κ1) is 15.3. The van der Waals surface area contributed by atoms with Crippen LogP contribution < -0.4 is 0 Å². The first-order valence-electron chi connectivity index (χ1n) is 6.96. The van der Waals surface area contributed by atoms with Crippen LogP contribution in [0.15, 0.2) is 24.3 Å². The number of β-amino-alcohol motifs (C(OH)–C–C–N with tert-alkyl or cyclic N) is 1. The molecule has 1 aliphatic rings. The highest BCUT2D eigenvalue weighted by atomic mass is 16.4. The highest BCUT2D eigenvalue weighted by Crippen LogP contribution is 2.17. The molecule has 2 N–H and O–H groups in total. The number of carbonyl (C=O) groups is 2. The van der Waals surface area contributed by atoms with Crippen LogP contribution in [-0.4, -0.2) is 46.2 Å². The van der Waals surface area contributed by atoms with Crippen LogP contribution in [0.1, 0.15) is 34.3 Å². The lowest BCUT2D eigenvalue weighted by atomic mass is 10.0. The van der Waals surface area contributed by atoms with Crippen molar-refractivity contribution in [2.45, 2.75) is 25.9 Å². The van der Waals surface area contributed by atoms with E-state index >= 15 is 0 Å². The molecule has 1 heterocycles. The van der Waals surface area contributed by atoms with Crippen LogP contribution in [0.2, 0.25) is 0 Å². The number of hydrogen-bond acceptors (Lipinski definition) is 3. The fourth-order valence-electron chi connectivity index (χ4n) is 2.52. The monoisotopic (exact) mass is 289 g/mol. The number of aliphatic carboxylic acids is 1. The zero-order chi connectivity index (χ0) is 15.4. The van der Waals surface area contributed by atoms with Crippen LogP contribution in [0.25, 0.3) is 6.08 Å². The van der Waals surface area contributed by atoms with Crippen molar-refractivity contribution in [1.29, 1.82) is 0 Å². The molecule has 0 spiro atoms. The summed E-state index contributed by atoms with van der Waals surface area (Å²) < 4.78 is 0. The Morgan fingerprint density at radius 3 is 2.76 bits per heavy atom. The highest BCUT2D eigenvalue weighted by molar-refractivity contribution is 5.95. The maximum absolute atomic E-state index is 12.5. The van der Waals surface area contributed by atoms with Gasteiger partial charge in [0.05, 0.1) is 6.10 Å².